The molecule has 1 heterocycles. The van der Waals surface area contributed by atoms with E-state index in [0.717, 1.165) is 23.1 Å². The van der Waals surface area contributed by atoms with Crippen molar-refractivity contribution >= 4 is 17.5 Å². The van der Waals surface area contributed by atoms with Crippen LogP contribution in [-0.2, 0) is 6.54 Å². The highest BCUT2D eigenvalue weighted by Gasteiger charge is 2.46. The number of rotatable bonds is 4. The third-order valence-electron chi connectivity index (χ3n) is 7.47. The third kappa shape index (κ3) is 3.38. The van der Waals surface area contributed by atoms with Gasteiger partial charge in [0.2, 0.25) is 0 Å². The van der Waals surface area contributed by atoms with E-state index in [0.29, 0.717) is 29.1 Å². The van der Waals surface area contributed by atoms with Crippen molar-refractivity contribution in [2.24, 2.45) is 11.8 Å². The minimum Gasteiger partial charge on any atom is -0.347 e. The zero-order chi connectivity index (χ0) is 20.9. The van der Waals surface area contributed by atoms with Gasteiger partial charge in [-0.1, -0.05) is 41.9 Å². The molecule has 2 unspecified atom stereocenters. The summed E-state index contributed by atoms with van der Waals surface area (Å²) in [4.78, 5) is 13.4. The van der Waals surface area contributed by atoms with Crippen molar-refractivity contribution in [1.82, 2.24) is 15.1 Å². The van der Waals surface area contributed by atoms with Crippen LogP contribution in [0.5, 0.6) is 0 Å². The fourth-order valence-corrected chi connectivity index (χ4v) is 6.48. The maximum absolute atomic E-state index is 13.4. The van der Waals surface area contributed by atoms with E-state index in [1.54, 1.807) is 0 Å². The molecule has 0 aliphatic heterocycles. The number of carbonyl (C=O) groups excluding carboxylic acids is 1. The van der Waals surface area contributed by atoms with E-state index in [4.69, 9.17) is 16.7 Å². The van der Waals surface area contributed by atoms with Crippen LogP contribution in [-0.4, -0.2) is 15.7 Å². The van der Waals surface area contributed by atoms with E-state index < -0.39 is 0 Å². The zero-order valence-electron chi connectivity index (χ0n) is 17.4. The second-order valence-corrected chi connectivity index (χ2v) is 9.94. The fourth-order valence-electron chi connectivity index (χ4n) is 6.36. The molecular formula is C26H26ClN3O. The molecule has 4 aliphatic carbocycles. The summed E-state index contributed by atoms with van der Waals surface area (Å²) in [5.74, 6) is 2.45. The highest BCUT2D eigenvalue weighted by molar-refractivity contribution is 6.30. The maximum Gasteiger partial charge on any atom is 0.272 e. The van der Waals surface area contributed by atoms with Gasteiger partial charge in [-0.2, -0.15) is 5.10 Å². The number of hydrogen-bond donors (Lipinski definition) is 1. The van der Waals surface area contributed by atoms with Crippen LogP contribution >= 0.6 is 11.6 Å². The Morgan fingerprint density at radius 3 is 2.32 bits per heavy atom. The molecule has 5 heteroatoms. The van der Waals surface area contributed by atoms with Crippen molar-refractivity contribution in [3.05, 3.63) is 82.1 Å². The van der Waals surface area contributed by atoms with Crippen LogP contribution in [0, 0.1) is 11.8 Å². The quantitative estimate of drug-likeness (QED) is 0.563. The molecule has 7 rings (SSSR count). The maximum atomic E-state index is 13.4. The highest BCUT2D eigenvalue weighted by Crippen LogP contribution is 2.57. The minimum atomic E-state index is -0.0611. The Kier molecular flexibility index (Phi) is 4.64. The first kappa shape index (κ1) is 19.1. The Labute approximate surface area is 187 Å². The summed E-state index contributed by atoms with van der Waals surface area (Å²) in [5, 5.41) is 8.77. The van der Waals surface area contributed by atoms with Gasteiger partial charge in [0.05, 0.1) is 11.4 Å². The van der Waals surface area contributed by atoms with Crippen LogP contribution in [0.15, 0.2) is 54.6 Å². The Bertz CT molecular complexity index is 1110. The molecule has 4 aliphatic rings. The summed E-state index contributed by atoms with van der Waals surface area (Å²) < 4.78 is 2.05. The summed E-state index contributed by atoms with van der Waals surface area (Å²) in [6.07, 6.45) is 6.21. The monoisotopic (exact) mass is 431 g/mol. The highest BCUT2D eigenvalue weighted by atomic mass is 35.5. The van der Waals surface area contributed by atoms with E-state index in [2.05, 4.69) is 10.00 Å². The fraction of sp³-hybridized carbons (Fsp3) is 0.385. The van der Waals surface area contributed by atoms with E-state index >= 15 is 0 Å². The number of benzene rings is 2. The Morgan fingerprint density at radius 2 is 1.61 bits per heavy atom. The molecule has 2 atom stereocenters. The lowest BCUT2D eigenvalue weighted by Crippen LogP contribution is -2.28. The second-order valence-electron chi connectivity index (χ2n) is 9.51. The van der Waals surface area contributed by atoms with Gasteiger partial charge in [0, 0.05) is 23.0 Å². The topological polar surface area (TPSA) is 46.9 Å². The average molecular weight is 432 g/mol. The molecule has 4 nitrogen and oxygen atoms in total. The number of amides is 1. The van der Waals surface area contributed by atoms with Crippen LogP contribution in [0.2, 0.25) is 5.02 Å². The Balaban J connectivity index is 1.43. The zero-order valence-corrected chi connectivity index (χ0v) is 18.2. The van der Waals surface area contributed by atoms with E-state index in [-0.39, 0.29) is 5.91 Å². The van der Waals surface area contributed by atoms with Crippen LogP contribution < -0.4 is 5.32 Å². The lowest BCUT2D eigenvalue weighted by atomic mass is 9.67. The first-order valence-electron chi connectivity index (χ1n) is 11.4. The molecule has 0 radical (unpaired) electrons. The number of nitrogens with zero attached hydrogens (tertiary/aromatic N) is 2. The molecule has 2 aromatic carbocycles. The average Bonchev–Trinajstić information content (AvgIpc) is 3.10. The van der Waals surface area contributed by atoms with Gasteiger partial charge in [-0.05, 0) is 79.7 Å². The Morgan fingerprint density at radius 1 is 0.935 bits per heavy atom. The standard InChI is InChI=1S/C26H26ClN3O/c27-21-6-8-22(9-7-21)30-25-20-13-17-10-18(14-20)12-19(11-17)23(25)24(29-30)26(31)28-15-16-4-2-1-3-5-16/h1-9,17-20H,10-15H2,(H,28,31). The largest absolute Gasteiger partial charge is 0.347 e. The SMILES string of the molecule is O=C(NCc1ccccc1)c1nn(-c2ccc(Cl)cc2)c2c1C1CC3CC(C1)CC2C3. The minimum absolute atomic E-state index is 0.0611. The van der Waals surface area contributed by atoms with Crippen molar-refractivity contribution < 1.29 is 4.79 Å². The van der Waals surface area contributed by atoms with Crippen molar-refractivity contribution in [3.63, 3.8) is 0 Å². The molecule has 0 saturated heterocycles. The Hall–Kier alpha value is -2.59. The number of halogens is 1. The molecule has 4 bridgehead atoms. The van der Waals surface area contributed by atoms with Crippen molar-refractivity contribution in [3.8, 4) is 5.69 Å². The van der Waals surface area contributed by atoms with Crippen LogP contribution in [0.1, 0.15) is 71.2 Å². The van der Waals surface area contributed by atoms with Gasteiger partial charge in [0.25, 0.3) is 5.91 Å². The lowest BCUT2D eigenvalue weighted by molar-refractivity contribution is 0.0942. The predicted molar refractivity (Wildman–Crippen MR) is 122 cm³/mol. The van der Waals surface area contributed by atoms with Gasteiger partial charge in [0.1, 0.15) is 0 Å². The number of aromatic nitrogens is 2. The van der Waals surface area contributed by atoms with Crippen molar-refractivity contribution in [1.29, 1.82) is 0 Å². The summed E-state index contributed by atoms with van der Waals surface area (Å²) in [6, 6.07) is 17.9. The van der Waals surface area contributed by atoms with Gasteiger partial charge in [-0.3, -0.25) is 4.79 Å². The lowest BCUT2D eigenvalue weighted by Gasteiger charge is -2.38. The van der Waals surface area contributed by atoms with Crippen LogP contribution in [0.3, 0.4) is 0 Å². The summed E-state index contributed by atoms with van der Waals surface area (Å²) >= 11 is 6.14. The summed E-state index contributed by atoms with van der Waals surface area (Å²) in [5.41, 5.74) is 5.21. The molecule has 31 heavy (non-hydrogen) atoms. The molecule has 2 saturated carbocycles. The van der Waals surface area contributed by atoms with Gasteiger partial charge in [0.15, 0.2) is 5.69 Å². The van der Waals surface area contributed by atoms with E-state index in [9.17, 15) is 4.79 Å². The summed E-state index contributed by atoms with van der Waals surface area (Å²) in [6.45, 7) is 0.515. The molecule has 1 amide bonds. The third-order valence-corrected chi connectivity index (χ3v) is 7.73. The molecule has 3 aromatic rings. The number of carbonyl (C=O) groups is 1. The van der Waals surface area contributed by atoms with Crippen LogP contribution in [0.4, 0.5) is 0 Å². The number of nitrogens with one attached hydrogen (secondary N) is 1. The molecule has 0 spiro atoms. The first-order chi connectivity index (χ1) is 15.2. The second kappa shape index (κ2) is 7.52. The normalized spacial score (nSPS) is 25.8. The van der Waals surface area contributed by atoms with E-state index in [1.807, 2.05) is 54.6 Å². The molecule has 158 valence electrons. The van der Waals surface area contributed by atoms with Gasteiger partial charge in [-0.25, -0.2) is 4.68 Å². The predicted octanol–water partition coefficient (Wildman–Crippen LogP) is 5.85. The molecular weight excluding hydrogens is 406 g/mol. The smallest absolute Gasteiger partial charge is 0.272 e. The van der Waals surface area contributed by atoms with Gasteiger partial charge >= 0.3 is 0 Å². The summed E-state index contributed by atoms with van der Waals surface area (Å²) in [7, 11) is 0. The molecule has 2 fully saturated rings. The van der Waals surface area contributed by atoms with Crippen molar-refractivity contribution in [2.75, 3.05) is 0 Å². The molecule has 1 N–H and O–H groups in total. The first-order valence-corrected chi connectivity index (χ1v) is 11.7. The van der Waals surface area contributed by atoms with Crippen molar-refractivity contribution in [2.45, 2.75) is 50.5 Å². The van der Waals surface area contributed by atoms with E-state index in [1.165, 1.54) is 43.4 Å². The van der Waals surface area contributed by atoms with Gasteiger partial charge in [-0.15, -0.1) is 0 Å². The number of hydrogen-bond acceptors (Lipinski definition) is 2. The molecule has 1 aromatic heterocycles. The van der Waals surface area contributed by atoms with Gasteiger partial charge < -0.3 is 5.32 Å². The van der Waals surface area contributed by atoms with Crippen LogP contribution in [0.25, 0.3) is 5.69 Å².